The van der Waals surface area contributed by atoms with Gasteiger partial charge in [-0.25, -0.2) is 4.79 Å². The lowest BCUT2D eigenvalue weighted by Gasteiger charge is -2.20. The second-order valence-corrected chi connectivity index (χ2v) is 7.44. The van der Waals surface area contributed by atoms with Gasteiger partial charge in [-0.3, -0.25) is 9.59 Å². The van der Waals surface area contributed by atoms with Crippen LogP contribution in [-0.4, -0.2) is 25.0 Å². The summed E-state index contributed by atoms with van der Waals surface area (Å²) in [5, 5.41) is 3.77. The Hall–Kier alpha value is -3.32. The van der Waals surface area contributed by atoms with E-state index in [1.807, 2.05) is 6.07 Å². The van der Waals surface area contributed by atoms with E-state index in [1.54, 1.807) is 36.1 Å². The third kappa shape index (κ3) is 4.02. The van der Waals surface area contributed by atoms with Crippen molar-refractivity contribution in [2.24, 2.45) is 0 Å². The number of hydrogen-bond acceptors (Lipinski definition) is 5. The van der Waals surface area contributed by atoms with Gasteiger partial charge in [0.25, 0.3) is 5.91 Å². The van der Waals surface area contributed by atoms with Crippen molar-refractivity contribution in [1.82, 2.24) is 0 Å². The van der Waals surface area contributed by atoms with Crippen molar-refractivity contribution >= 4 is 45.8 Å². The molecular weight excluding hydrogens is 408 g/mol. The molecule has 0 radical (unpaired) electrons. The standard InChI is InChI=1S/C22H19ClN2O5/c1-13-9-22(28)30-18-11-19(15(23)10-14(13)18)29-12-20(26)24-16-5-2-3-6-17(16)25-8-4-7-21(25)27/h2-3,5-6,9-11H,4,7-8,12H2,1H3,(H,24,26). The summed E-state index contributed by atoms with van der Waals surface area (Å²) in [5.74, 6) is -0.139. The number of carbonyl (C=O) groups excluding carboxylic acids is 2. The molecule has 0 bridgehead atoms. The maximum Gasteiger partial charge on any atom is 0.336 e. The topological polar surface area (TPSA) is 88.8 Å². The molecule has 1 N–H and O–H groups in total. The third-order valence-corrected chi connectivity index (χ3v) is 5.20. The van der Waals surface area contributed by atoms with Crippen molar-refractivity contribution in [2.45, 2.75) is 19.8 Å². The highest BCUT2D eigenvalue weighted by atomic mass is 35.5. The summed E-state index contributed by atoms with van der Waals surface area (Å²) < 4.78 is 10.7. The zero-order valence-electron chi connectivity index (χ0n) is 16.2. The van der Waals surface area contributed by atoms with Crippen molar-refractivity contribution in [2.75, 3.05) is 23.4 Å². The number of amides is 2. The molecule has 1 aromatic heterocycles. The molecule has 0 spiro atoms. The predicted molar refractivity (Wildman–Crippen MR) is 114 cm³/mol. The average molecular weight is 427 g/mol. The number of carbonyl (C=O) groups is 2. The van der Waals surface area contributed by atoms with Crippen LogP contribution < -0.4 is 20.6 Å². The first kappa shape index (κ1) is 20.0. The molecule has 0 saturated carbocycles. The number of ether oxygens (including phenoxy) is 1. The van der Waals surface area contributed by atoms with E-state index in [1.165, 1.54) is 12.1 Å². The third-order valence-electron chi connectivity index (χ3n) is 4.90. The van der Waals surface area contributed by atoms with E-state index in [0.717, 1.165) is 12.0 Å². The molecule has 30 heavy (non-hydrogen) atoms. The number of nitrogens with zero attached hydrogens (tertiary/aromatic N) is 1. The van der Waals surface area contributed by atoms with E-state index in [9.17, 15) is 14.4 Å². The van der Waals surface area contributed by atoms with Crippen LogP contribution in [0.1, 0.15) is 18.4 Å². The maximum atomic E-state index is 12.5. The minimum absolute atomic E-state index is 0.0349. The molecule has 7 nitrogen and oxygen atoms in total. The van der Waals surface area contributed by atoms with E-state index in [-0.39, 0.29) is 18.3 Å². The molecule has 2 aromatic carbocycles. The zero-order valence-corrected chi connectivity index (χ0v) is 17.0. The van der Waals surface area contributed by atoms with Crippen LogP contribution in [0.2, 0.25) is 5.02 Å². The fourth-order valence-corrected chi connectivity index (χ4v) is 3.70. The van der Waals surface area contributed by atoms with E-state index < -0.39 is 11.5 Å². The summed E-state index contributed by atoms with van der Waals surface area (Å²) in [7, 11) is 0. The van der Waals surface area contributed by atoms with Gasteiger partial charge in [0.15, 0.2) is 6.61 Å². The van der Waals surface area contributed by atoms with Gasteiger partial charge in [-0.05, 0) is 37.1 Å². The molecule has 8 heteroatoms. The van der Waals surface area contributed by atoms with Crippen LogP contribution in [0, 0.1) is 6.92 Å². The molecule has 1 aliphatic heterocycles. The molecule has 3 aromatic rings. The Morgan fingerprint density at radius 2 is 2.03 bits per heavy atom. The highest BCUT2D eigenvalue weighted by molar-refractivity contribution is 6.32. The molecule has 2 heterocycles. The van der Waals surface area contributed by atoms with Crippen LogP contribution in [0.3, 0.4) is 0 Å². The highest BCUT2D eigenvalue weighted by Crippen LogP contribution is 2.32. The van der Waals surface area contributed by atoms with Crippen molar-refractivity contribution in [1.29, 1.82) is 0 Å². The first-order valence-electron chi connectivity index (χ1n) is 9.48. The van der Waals surface area contributed by atoms with Gasteiger partial charge in [0.2, 0.25) is 5.91 Å². The van der Waals surface area contributed by atoms with Crippen molar-refractivity contribution in [3.05, 3.63) is 63.5 Å². The number of aryl methyl sites for hydroxylation is 1. The number of anilines is 2. The molecule has 0 unspecified atom stereocenters. The SMILES string of the molecule is Cc1cc(=O)oc2cc(OCC(=O)Nc3ccccc3N3CCCC3=O)c(Cl)cc12. The normalized spacial score (nSPS) is 13.7. The Balaban J connectivity index is 1.49. The van der Waals surface area contributed by atoms with Gasteiger partial charge in [-0.2, -0.15) is 0 Å². The molecule has 1 saturated heterocycles. The van der Waals surface area contributed by atoms with Crippen LogP contribution in [0.4, 0.5) is 11.4 Å². The Labute approximate surface area is 177 Å². The van der Waals surface area contributed by atoms with Gasteiger partial charge < -0.3 is 19.4 Å². The van der Waals surface area contributed by atoms with E-state index >= 15 is 0 Å². The van der Waals surface area contributed by atoms with Crippen LogP contribution in [0.5, 0.6) is 5.75 Å². The minimum Gasteiger partial charge on any atom is -0.482 e. The Kier molecular flexibility index (Phi) is 5.46. The minimum atomic E-state index is -0.473. The molecule has 1 aliphatic rings. The van der Waals surface area contributed by atoms with Gasteiger partial charge in [-0.15, -0.1) is 0 Å². The molecule has 0 atom stereocenters. The summed E-state index contributed by atoms with van der Waals surface area (Å²) >= 11 is 6.27. The molecule has 1 fully saturated rings. The Bertz CT molecular complexity index is 1200. The number of rotatable bonds is 5. The largest absolute Gasteiger partial charge is 0.482 e. The summed E-state index contributed by atoms with van der Waals surface area (Å²) in [6, 6.07) is 11.6. The number of nitrogens with one attached hydrogen (secondary N) is 1. The van der Waals surface area contributed by atoms with E-state index in [2.05, 4.69) is 5.32 Å². The monoisotopic (exact) mass is 426 g/mol. The molecule has 154 valence electrons. The number of para-hydroxylation sites is 2. The number of fused-ring (bicyclic) bond motifs is 1. The molecule has 2 amide bonds. The predicted octanol–water partition coefficient (Wildman–Crippen LogP) is 3.90. The maximum absolute atomic E-state index is 12.5. The van der Waals surface area contributed by atoms with Gasteiger partial charge in [0, 0.05) is 30.5 Å². The Morgan fingerprint density at radius 3 is 2.80 bits per heavy atom. The lowest BCUT2D eigenvalue weighted by molar-refractivity contribution is -0.118. The first-order chi connectivity index (χ1) is 14.4. The van der Waals surface area contributed by atoms with Gasteiger partial charge in [0.05, 0.1) is 16.4 Å². The fourth-order valence-electron chi connectivity index (χ4n) is 3.48. The van der Waals surface area contributed by atoms with E-state index in [4.69, 9.17) is 20.8 Å². The molecule has 4 rings (SSSR count). The Morgan fingerprint density at radius 1 is 1.23 bits per heavy atom. The van der Waals surface area contributed by atoms with Crippen LogP contribution >= 0.6 is 11.6 Å². The first-order valence-corrected chi connectivity index (χ1v) is 9.86. The number of halogens is 1. The number of benzene rings is 2. The lowest BCUT2D eigenvalue weighted by atomic mass is 10.1. The molecular formula is C22H19ClN2O5. The van der Waals surface area contributed by atoms with Crippen molar-refractivity contribution in [3.63, 3.8) is 0 Å². The molecule has 0 aliphatic carbocycles. The highest BCUT2D eigenvalue weighted by Gasteiger charge is 2.24. The summed E-state index contributed by atoms with van der Waals surface area (Å²) in [6.45, 7) is 2.11. The summed E-state index contributed by atoms with van der Waals surface area (Å²) in [5.41, 5.74) is 1.79. The van der Waals surface area contributed by atoms with Gasteiger partial charge >= 0.3 is 5.63 Å². The number of hydrogen-bond donors (Lipinski definition) is 1. The summed E-state index contributed by atoms with van der Waals surface area (Å²) in [6.07, 6.45) is 1.29. The van der Waals surface area contributed by atoms with Crippen LogP contribution in [0.25, 0.3) is 11.0 Å². The van der Waals surface area contributed by atoms with Crippen molar-refractivity contribution in [3.8, 4) is 5.75 Å². The zero-order chi connectivity index (χ0) is 21.3. The van der Waals surface area contributed by atoms with Gasteiger partial charge in [-0.1, -0.05) is 23.7 Å². The second kappa shape index (κ2) is 8.20. The van der Waals surface area contributed by atoms with Crippen LogP contribution in [0.15, 0.2) is 51.7 Å². The average Bonchev–Trinajstić information content (AvgIpc) is 3.13. The quantitative estimate of drug-likeness (QED) is 0.625. The van der Waals surface area contributed by atoms with Crippen LogP contribution in [-0.2, 0) is 9.59 Å². The van der Waals surface area contributed by atoms with E-state index in [0.29, 0.717) is 40.3 Å². The smallest absolute Gasteiger partial charge is 0.336 e. The summed E-state index contributed by atoms with van der Waals surface area (Å²) in [4.78, 5) is 37.8. The second-order valence-electron chi connectivity index (χ2n) is 7.03. The lowest BCUT2D eigenvalue weighted by Crippen LogP contribution is -2.27. The van der Waals surface area contributed by atoms with Crippen molar-refractivity contribution < 1.29 is 18.7 Å². The fraction of sp³-hybridized carbons (Fsp3) is 0.227. The van der Waals surface area contributed by atoms with Gasteiger partial charge in [0.1, 0.15) is 11.3 Å².